The van der Waals surface area contributed by atoms with E-state index in [9.17, 15) is 9.59 Å². The van der Waals surface area contributed by atoms with Crippen molar-refractivity contribution < 1.29 is 19.1 Å². The van der Waals surface area contributed by atoms with Crippen molar-refractivity contribution in [2.75, 3.05) is 38.3 Å². The van der Waals surface area contributed by atoms with Crippen molar-refractivity contribution in [1.82, 2.24) is 10.7 Å². The first-order chi connectivity index (χ1) is 15.1. The summed E-state index contributed by atoms with van der Waals surface area (Å²) in [6, 6.07) is 13.4. The molecular formula is C23H28N4O4. The fourth-order valence-electron chi connectivity index (χ4n) is 3.44. The van der Waals surface area contributed by atoms with Crippen LogP contribution in [-0.4, -0.2) is 51.4 Å². The second-order valence-electron chi connectivity index (χ2n) is 7.10. The van der Waals surface area contributed by atoms with Crippen LogP contribution in [0.2, 0.25) is 0 Å². The van der Waals surface area contributed by atoms with Crippen LogP contribution < -0.4 is 25.1 Å². The molecule has 1 aliphatic heterocycles. The predicted molar refractivity (Wildman–Crippen MR) is 120 cm³/mol. The maximum Gasteiger partial charge on any atom is 0.259 e. The third-order valence-corrected chi connectivity index (χ3v) is 4.86. The molecule has 1 heterocycles. The summed E-state index contributed by atoms with van der Waals surface area (Å²) in [4.78, 5) is 26.0. The molecule has 0 aromatic heterocycles. The normalized spacial score (nSPS) is 12.9. The summed E-state index contributed by atoms with van der Waals surface area (Å²) in [6.07, 6.45) is 3.61. The Labute approximate surface area is 182 Å². The lowest BCUT2D eigenvalue weighted by molar-refractivity contribution is -0.123. The maximum atomic E-state index is 12.3. The number of ether oxygens (including phenoxy) is 2. The molecule has 0 saturated heterocycles. The van der Waals surface area contributed by atoms with Crippen LogP contribution >= 0.6 is 0 Å². The molecule has 1 aliphatic rings. The van der Waals surface area contributed by atoms with E-state index in [1.807, 2.05) is 25.1 Å². The minimum absolute atomic E-state index is 0.0900. The van der Waals surface area contributed by atoms with Gasteiger partial charge >= 0.3 is 0 Å². The molecule has 164 valence electrons. The average molecular weight is 425 g/mol. The quantitative estimate of drug-likeness (QED) is 0.475. The maximum absolute atomic E-state index is 12.3. The first kappa shape index (κ1) is 22.1. The molecule has 0 atom stereocenters. The fraction of sp³-hybridized carbons (Fsp3) is 0.348. The first-order valence-corrected chi connectivity index (χ1v) is 10.3. The molecule has 0 saturated carbocycles. The second kappa shape index (κ2) is 11.0. The number of anilines is 1. The number of benzene rings is 2. The van der Waals surface area contributed by atoms with E-state index >= 15 is 0 Å². The van der Waals surface area contributed by atoms with Crippen molar-refractivity contribution in [2.24, 2.45) is 5.10 Å². The van der Waals surface area contributed by atoms with E-state index in [0.29, 0.717) is 18.0 Å². The molecule has 2 N–H and O–H groups in total. The molecule has 2 aromatic rings. The van der Waals surface area contributed by atoms with E-state index in [1.165, 1.54) is 18.9 Å². The lowest BCUT2D eigenvalue weighted by atomic mass is 10.0. The number of para-hydroxylation sites is 1. The molecule has 31 heavy (non-hydrogen) atoms. The van der Waals surface area contributed by atoms with Gasteiger partial charge in [0.1, 0.15) is 0 Å². The number of hydrogen-bond donors (Lipinski definition) is 2. The molecule has 3 rings (SSSR count). The Bertz CT molecular complexity index is 945. The smallest absolute Gasteiger partial charge is 0.259 e. The van der Waals surface area contributed by atoms with Gasteiger partial charge in [-0.3, -0.25) is 9.59 Å². The predicted octanol–water partition coefficient (Wildman–Crippen LogP) is 2.11. The van der Waals surface area contributed by atoms with Crippen LogP contribution in [0.5, 0.6) is 11.5 Å². The van der Waals surface area contributed by atoms with Gasteiger partial charge in [0.25, 0.3) is 11.8 Å². The van der Waals surface area contributed by atoms with Crippen LogP contribution in [0, 0.1) is 0 Å². The molecule has 0 aliphatic carbocycles. The standard InChI is InChI=1S/C23H28N4O4/c1-3-24-23(29)16-31-20-11-10-17(13-21(20)30-2)14-25-26-22(28)15-27-12-6-8-18-7-4-5-9-19(18)27/h4-5,7,9-11,13-14H,3,6,8,12,15-16H2,1-2H3,(H,24,29)(H,26,28)/b25-14-. The summed E-state index contributed by atoms with van der Waals surface area (Å²) in [7, 11) is 1.52. The molecule has 0 bridgehead atoms. The van der Waals surface area contributed by atoms with Gasteiger partial charge in [0.15, 0.2) is 18.1 Å². The molecule has 2 aromatic carbocycles. The van der Waals surface area contributed by atoms with Crippen molar-refractivity contribution in [3.63, 3.8) is 0 Å². The lowest BCUT2D eigenvalue weighted by Gasteiger charge is -2.30. The van der Waals surface area contributed by atoms with Gasteiger partial charge in [0.05, 0.1) is 19.9 Å². The number of methoxy groups -OCH3 is 1. The van der Waals surface area contributed by atoms with Crippen molar-refractivity contribution in [3.8, 4) is 11.5 Å². The third-order valence-electron chi connectivity index (χ3n) is 4.86. The van der Waals surface area contributed by atoms with Crippen molar-refractivity contribution in [2.45, 2.75) is 19.8 Å². The highest BCUT2D eigenvalue weighted by atomic mass is 16.5. The lowest BCUT2D eigenvalue weighted by Crippen LogP contribution is -2.38. The number of fused-ring (bicyclic) bond motifs is 1. The Balaban J connectivity index is 1.54. The van der Waals surface area contributed by atoms with Gasteiger partial charge in [-0.15, -0.1) is 0 Å². The number of nitrogens with zero attached hydrogens (tertiary/aromatic N) is 2. The Morgan fingerprint density at radius 1 is 1.16 bits per heavy atom. The highest BCUT2D eigenvalue weighted by Gasteiger charge is 2.18. The molecule has 0 fully saturated rings. The van der Waals surface area contributed by atoms with E-state index in [0.717, 1.165) is 30.6 Å². The number of aryl methyl sites for hydroxylation is 1. The van der Waals surface area contributed by atoms with Gasteiger partial charge < -0.3 is 19.7 Å². The summed E-state index contributed by atoms with van der Waals surface area (Å²) in [6.45, 7) is 3.40. The number of hydrogen-bond acceptors (Lipinski definition) is 6. The Hall–Kier alpha value is -3.55. The van der Waals surface area contributed by atoms with Gasteiger partial charge in [-0.1, -0.05) is 18.2 Å². The van der Waals surface area contributed by atoms with Gasteiger partial charge in [-0.05, 0) is 55.2 Å². The third kappa shape index (κ3) is 6.21. The highest BCUT2D eigenvalue weighted by Crippen LogP contribution is 2.28. The van der Waals surface area contributed by atoms with E-state index in [4.69, 9.17) is 9.47 Å². The zero-order valence-corrected chi connectivity index (χ0v) is 17.9. The Morgan fingerprint density at radius 3 is 2.81 bits per heavy atom. The number of likely N-dealkylation sites (N-methyl/N-ethyl adjacent to an activating group) is 1. The number of nitrogens with one attached hydrogen (secondary N) is 2. The summed E-state index contributed by atoms with van der Waals surface area (Å²) in [5.41, 5.74) is 5.69. The Morgan fingerprint density at radius 2 is 2.00 bits per heavy atom. The van der Waals surface area contributed by atoms with Crippen molar-refractivity contribution >= 4 is 23.7 Å². The van der Waals surface area contributed by atoms with Gasteiger partial charge in [0, 0.05) is 18.8 Å². The summed E-state index contributed by atoms with van der Waals surface area (Å²) in [5.74, 6) is 0.555. The summed E-state index contributed by atoms with van der Waals surface area (Å²) >= 11 is 0. The van der Waals surface area contributed by atoms with Crippen molar-refractivity contribution in [1.29, 1.82) is 0 Å². The summed E-state index contributed by atoms with van der Waals surface area (Å²) < 4.78 is 10.8. The number of hydrazone groups is 1. The van der Waals surface area contributed by atoms with Gasteiger partial charge in [-0.2, -0.15) is 5.10 Å². The second-order valence-corrected chi connectivity index (χ2v) is 7.10. The van der Waals surface area contributed by atoms with Crippen LogP contribution in [0.15, 0.2) is 47.6 Å². The molecular weight excluding hydrogens is 396 g/mol. The molecule has 8 heteroatoms. The summed E-state index contributed by atoms with van der Waals surface area (Å²) in [5, 5.41) is 6.72. The van der Waals surface area contributed by atoms with Crippen molar-refractivity contribution in [3.05, 3.63) is 53.6 Å². The Kier molecular flexibility index (Phi) is 7.86. The SMILES string of the molecule is CCNC(=O)COc1ccc(/C=N\NC(=O)CN2CCCc3ccccc32)cc1OC. The molecule has 8 nitrogen and oxygen atoms in total. The zero-order valence-electron chi connectivity index (χ0n) is 17.9. The fourth-order valence-corrected chi connectivity index (χ4v) is 3.44. The van der Waals surface area contributed by atoms with Crippen LogP contribution in [0.25, 0.3) is 0 Å². The van der Waals surface area contributed by atoms with Crippen LogP contribution in [0.1, 0.15) is 24.5 Å². The molecule has 0 spiro atoms. The van der Waals surface area contributed by atoms with Crippen LogP contribution in [0.4, 0.5) is 5.69 Å². The number of carbonyl (C=O) groups excluding carboxylic acids is 2. The van der Waals surface area contributed by atoms with Crippen LogP contribution in [0.3, 0.4) is 0 Å². The minimum Gasteiger partial charge on any atom is -0.493 e. The van der Waals surface area contributed by atoms with E-state index in [1.54, 1.807) is 18.2 Å². The number of carbonyl (C=O) groups is 2. The first-order valence-electron chi connectivity index (χ1n) is 10.3. The van der Waals surface area contributed by atoms with E-state index in [2.05, 4.69) is 26.8 Å². The van der Waals surface area contributed by atoms with Gasteiger partial charge in [-0.25, -0.2) is 5.43 Å². The van der Waals surface area contributed by atoms with Crippen LogP contribution in [-0.2, 0) is 16.0 Å². The monoisotopic (exact) mass is 424 g/mol. The average Bonchev–Trinajstić information content (AvgIpc) is 2.78. The molecule has 0 radical (unpaired) electrons. The van der Waals surface area contributed by atoms with E-state index < -0.39 is 0 Å². The topological polar surface area (TPSA) is 92.3 Å². The largest absolute Gasteiger partial charge is 0.493 e. The number of rotatable bonds is 9. The number of amides is 2. The van der Waals surface area contributed by atoms with Gasteiger partial charge in [0.2, 0.25) is 0 Å². The highest BCUT2D eigenvalue weighted by molar-refractivity contribution is 5.85. The minimum atomic E-state index is -0.200. The van der Waals surface area contributed by atoms with E-state index in [-0.39, 0.29) is 25.0 Å². The zero-order chi connectivity index (χ0) is 22.1. The molecule has 2 amide bonds. The molecule has 0 unspecified atom stereocenters.